The van der Waals surface area contributed by atoms with E-state index in [-0.39, 0.29) is 0 Å². The van der Waals surface area contributed by atoms with Crippen molar-refractivity contribution < 1.29 is 5.11 Å². The number of aliphatic hydroxyl groups is 1. The van der Waals surface area contributed by atoms with Crippen LogP contribution >= 0.6 is 0 Å². The fourth-order valence-electron chi connectivity index (χ4n) is 2.82. The van der Waals surface area contributed by atoms with E-state index in [4.69, 9.17) is 5.73 Å². The molecule has 0 bridgehead atoms. The average Bonchev–Trinajstić information content (AvgIpc) is 2.02. The first-order valence-electron chi connectivity index (χ1n) is 5.98. The Hall–Kier alpha value is -0.0800. The first kappa shape index (κ1) is 12.0. The predicted octanol–water partition coefficient (Wildman–Crippen LogP) is 2.30. The molecule has 1 aliphatic rings. The molecule has 2 heteroatoms. The molecule has 0 spiro atoms. The molecule has 84 valence electrons. The van der Waals surface area contributed by atoms with Gasteiger partial charge in [0, 0.05) is 0 Å². The highest BCUT2D eigenvalue weighted by Gasteiger charge is 2.33. The summed E-state index contributed by atoms with van der Waals surface area (Å²) in [4.78, 5) is 0. The van der Waals surface area contributed by atoms with Crippen molar-refractivity contribution in [2.45, 2.75) is 58.0 Å². The van der Waals surface area contributed by atoms with E-state index in [2.05, 4.69) is 13.8 Å². The lowest BCUT2D eigenvalue weighted by molar-refractivity contribution is -0.0241. The zero-order valence-electron chi connectivity index (χ0n) is 9.63. The van der Waals surface area contributed by atoms with Crippen LogP contribution in [0.5, 0.6) is 0 Å². The van der Waals surface area contributed by atoms with Crippen LogP contribution in [0.3, 0.4) is 0 Å². The first-order valence-corrected chi connectivity index (χ1v) is 5.98. The molecule has 2 unspecified atom stereocenters. The highest BCUT2D eigenvalue weighted by Crippen LogP contribution is 2.37. The Morgan fingerprint density at radius 2 is 2.21 bits per heavy atom. The molecule has 1 rings (SSSR count). The summed E-state index contributed by atoms with van der Waals surface area (Å²) in [5.74, 6) is 1.47. The van der Waals surface area contributed by atoms with E-state index in [1.807, 2.05) is 0 Å². The highest BCUT2D eigenvalue weighted by molar-refractivity contribution is 4.86. The topological polar surface area (TPSA) is 46.2 Å². The summed E-state index contributed by atoms with van der Waals surface area (Å²) in [6.07, 6.45) is 6.44. The second-order valence-corrected chi connectivity index (χ2v) is 5.35. The van der Waals surface area contributed by atoms with Crippen molar-refractivity contribution in [3.8, 4) is 0 Å². The third-order valence-electron chi connectivity index (χ3n) is 3.34. The van der Waals surface area contributed by atoms with E-state index >= 15 is 0 Å². The molecule has 0 aromatic heterocycles. The van der Waals surface area contributed by atoms with E-state index in [0.29, 0.717) is 6.54 Å². The summed E-state index contributed by atoms with van der Waals surface area (Å²) in [6, 6.07) is 0. The van der Waals surface area contributed by atoms with Gasteiger partial charge in [0.05, 0.1) is 5.60 Å². The lowest BCUT2D eigenvalue weighted by atomic mass is 9.74. The van der Waals surface area contributed by atoms with Gasteiger partial charge in [-0.3, -0.25) is 0 Å². The third-order valence-corrected chi connectivity index (χ3v) is 3.34. The number of hydrogen-bond acceptors (Lipinski definition) is 2. The van der Waals surface area contributed by atoms with Crippen molar-refractivity contribution in [3.05, 3.63) is 0 Å². The van der Waals surface area contributed by atoms with Crippen LogP contribution in [0.4, 0.5) is 0 Å². The second kappa shape index (κ2) is 5.13. The molecule has 0 aromatic carbocycles. The molecule has 14 heavy (non-hydrogen) atoms. The molecular weight excluding hydrogens is 174 g/mol. The SMILES string of the molecule is CC(C)CC1CCCC(O)(CCN)C1. The van der Waals surface area contributed by atoms with Gasteiger partial charge in [0.1, 0.15) is 0 Å². The molecule has 1 fully saturated rings. The Bertz CT molecular complexity index is 166. The van der Waals surface area contributed by atoms with Crippen LogP contribution in [0.2, 0.25) is 0 Å². The molecule has 0 heterocycles. The molecule has 0 saturated heterocycles. The van der Waals surface area contributed by atoms with Crippen molar-refractivity contribution in [2.75, 3.05) is 6.54 Å². The van der Waals surface area contributed by atoms with Gasteiger partial charge in [-0.25, -0.2) is 0 Å². The lowest BCUT2D eigenvalue weighted by Gasteiger charge is -2.37. The molecule has 3 N–H and O–H groups in total. The van der Waals surface area contributed by atoms with E-state index in [1.54, 1.807) is 0 Å². The van der Waals surface area contributed by atoms with Gasteiger partial charge in [0.25, 0.3) is 0 Å². The fraction of sp³-hybridized carbons (Fsp3) is 1.00. The van der Waals surface area contributed by atoms with Crippen LogP contribution < -0.4 is 5.73 Å². The molecule has 0 aliphatic heterocycles. The smallest absolute Gasteiger partial charge is 0.0662 e. The predicted molar refractivity (Wildman–Crippen MR) is 60.0 cm³/mol. The van der Waals surface area contributed by atoms with E-state index < -0.39 is 5.60 Å². The van der Waals surface area contributed by atoms with Gasteiger partial charge in [0.15, 0.2) is 0 Å². The average molecular weight is 199 g/mol. The van der Waals surface area contributed by atoms with Gasteiger partial charge in [-0.2, -0.15) is 0 Å². The van der Waals surface area contributed by atoms with Gasteiger partial charge in [-0.15, -0.1) is 0 Å². The largest absolute Gasteiger partial charge is 0.390 e. The normalized spacial score (nSPS) is 33.6. The quantitative estimate of drug-likeness (QED) is 0.730. The lowest BCUT2D eigenvalue weighted by Crippen LogP contribution is -2.37. The maximum Gasteiger partial charge on any atom is 0.0662 e. The minimum atomic E-state index is -0.438. The molecule has 2 nitrogen and oxygen atoms in total. The monoisotopic (exact) mass is 199 g/mol. The highest BCUT2D eigenvalue weighted by atomic mass is 16.3. The summed E-state index contributed by atoms with van der Waals surface area (Å²) < 4.78 is 0. The van der Waals surface area contributed by atoms with Crippen LogP contribution in [-0.4, -0.2) is 17.3 Å². The molecule has 2 atom stereocenters. The summed E-state index contributed by atoms with van der Waals surface area (Å²) in [7, 11) is 0. The number of hydrogen-bond donors (Lipinski definition) is 2. The molecule has 0 radical (unpaired) electrons. The third kappa shape index (κ3) is 3.58. The van der Waals surface area contributed by atoms with Gasteiger partial charge in [-0.1, -0.05) is 26.7 Å². The van der Waals surface area contributed by atoms with Crippen LogP contribution in [0.15, 0.2) is 0 Å². The number of rotatable bonds is 4. The summed E-state index contributed by atoms with van der Waals surface area (Å²) in [5.41, 5.74) is 5.09. The standard InChI is InChI=1S/C12H25NO/c1-10(2)8-11-4-3-5-12(14,9-11)6-7-13/h10-11,14H,3-9,13H2,1-2H3. The maximum absolute atomic E-state index is 10.3. The Kier molecular flexibility index (Phi) is 4.39. The van der Waals surface area contributed by atoms with Crippen LogP contribution in [0, 0.1) is 11.8 Å². The summed E-state index contributed by atoms with van der Waals surface area (Å²) >= 11 is 0. The molecule has 0 aromatic rings. The van der Waals surface area contributed by atoms with E-state index in [1.165, 1.54) is 19.3 Å². The van der Waals surface area contributed by atoms with Crippen LogP contribution in [0.25, 0.3) is 0 Å². The van der Waals surface area contributed by atoms with E-state index in [0.717, 1.165) is 31.1 Å². The van der Waals surface area contributed by atoms with E-state index in [9.17, 15) is 5.11 Å². The Balaban J connectivity index is 2.42. The van der Waals surface area contributed by atoms with Gasteiger partial charge in [0.2, 0.25) is 0 Å². The minimum absolute atomic E-state index is 0.438. The summed E-state index contributed by atoms with van der Waals surface area (Å²) in [5, 5.41) is 10.3. The Morgan fingerprint density at radius 1 is 1.50 bits per heavy atom. The van der Waals surface area contributed by atoms with Crippen molar-refractivity contribution in [3.63, 3.8) is 0 Å². The summed E-state index contributed by atoms with van der Waals surface area (Å²) in [6.45, 7) is 5.14. The first-order chi connectivity index (χ1) is 6.56. The molecule has 1 aliphatic carbocycles. The zero-order chi connectivity index (χ0) is 10.6. The van der Waals surface area contributed by atoms with Crippen molar-refractivity contribution in [2.24, 2.45) is 17.6 Å². The fourth-order valence-corrected chi connectivity index (χ4v) is 2.82. The second-order valence-electron chi connectivity index (χ2n) is 5.35. The van der Waals surface area contributed by atoms with Crippen molar-refractivity contribution in [1.82, 2.24) is 0 Å². The molecule has 0 amide bonds. The van der Waals surface area contributed by atoms with Crippen molar-refractivity contribution in [1.29, 1.82) is 0 Å². The Labute approximate surface area is 87.9 Å². The maximum atomic E-state index is 10.3. The minimum Gasteiger partial charge on any atom is -0.390 e. The molecular formula is C12H25NO. The van der Waals surface area contributed by atoms with Gasteiger partial charge in [-0.05, 0) is 44.1 Å². The van der Waals surface area contributed by atoms with Crippen LogP contribution in [0.1, 0.15) is 52.4 Å². The Morgan fingerprint density at radius 3 is 2.79 bits per heavy atom. The molecule has 1 saturated carbocycles. The number of nitrogens with two attached hydrogens (primary N) is 1. The zero-order valence-corrected chi connectivity index (χ0v) is 9.63. The van der Waals surface area contributed by atoms with Gasteiger partial charge >= 0.3 is 0 Å². The van der Waals surface area contributed by atoms with Crippen molar-refractivity contribution >= 4 is 0 Å². The van der Waals surface area contributed by atoms with Crippen LogP contribution in [-0.2, 0) is 0 Å². The van der Waals surface area contributed by atoms with Gasteiger partial charge < -0.3 is 10.8 Å².